The van der Waals surface area contributed by atoms with Gasteiger partial charge in [-0.15, -0.1) is 0 Å². The number of carbonyl (C=O) groups excluding carboxylic acids is 2. The molecule has 0 fully saturated rings. The van der Waals surface area contributed by atoms with Gasteiger partial charge in [-0.25, -0.2) is 17.9 Å². The third kappa shape index (κ3) is 6.85. The van der Waals surface area contributed by atoms with Gasteiger partial charge < -0.3 is 10.1 Å². The Kier molecular flexibility index (Phi) is 8.18. The highest BCUT2D eigenvalue weighted by molar-refractivity contribution is 7.89. The van der Waals surface area contributed by atoms with E-state index in [0.29, 0.717) is 0 Å². The number of hydrogen-bond donors (Lipinski definition) is 2. The Morgan fingerprint density at radius 2 is 1.77 bits per heavy atom. The Bertz CT molecular complexity index is 1360. The highest BCUT2D eigenvalue weighted by atomic mass is 35.5. The van der Waals surface area contributed by atoms with Crippen LogP contribution in [0.5, 0.6) is 0 Å². The number of non-ortho nitro benzene ring substituents is 1. The van der Waals surface area contributed by atoms with E-state index in [-0.39, 0.29) is 33.4 Å². The summed E-state index contributed by atoms with van der Waals surface area (Å²) in [5, 5.41) is 13.4. The average molecular weight is 518 g/mol. The predicted molar refractivity (Wildman–Crippen MR) is 129 cm³/mol. The number of ether oxygens (including phenoxy) is 1. The second-order valence-electron chi connectivity index (χ2n) is 7.30. The quantitative estimate of drug-likeness (QED) is 0.248. The minimum atomic E-state index is -3.92. The van der Waals surface area contributed by atoms with E-state index in [1.165, 1.54) is 37.3 Å². The minimum absolute atomic E-state index is 0.0219. The van der Waals surface area contributed by atoms with E-state index in [0.717, 1.165) is 17.7 Å². The fraction of sp³-hybridized carbons (Fsp3) is 0.130. The molecule has 0 saturated carbocycles. The largest absolute Gasteiger partial charge is 0.449 e. The summed E-state index contributed by atoms with van der Waals surface area (Å²) < 4.78 is 32.9. The number of esters is 1. The van der Waals surface area contributed by atoms with Crippen LogP contribution in [-0.4, -0.2) is 31.3 Å². The number of sulfonamides is 1. The Balaban J connectivity index is 1.66. The van der Waals surface area contributed by atoms with Gasteiger partial charge in [0, 0.05) is 18.7 Å². The van der Waals surface area contributed by atoms with Gasteiger partial charge in [-0.3, -0.25) is 14.9 Å². The van der Waals surface area contributed by atoms with Crippen LogP contribution in [0.2, 0.25) is 5.02 Å². The van der Waals surface area contributed by atoms with E-state index in [4.69, 9.17) is 16.3 Å². The molecule has 2 N–H and O–H groups in total. The van der Waals surface area contributed by atoms with Gasteiger partial charge in [0.05, 0.1) is 26.1 Å². The molecule has 3 rings (SSSR count). The van der Waals surface area contributed by atoms with Crippen molar-refractivity contribution in [3.05, 3.63) is 99.1 Å². The minimum Gasteiger partial charge on any atom is -0.449 e. The molecule has 0 heterocycles. The van der Waals surface area contributed by atoms with E-state index in [2.05, 4.69) is 10.0 Å². The molecule has 0 spiro atoms. The molecular formula is C23H20ClN3O7S. The summed E-state index contributed by atoms with van der Waals surface area (Å²) in [5.74, 6) is -1.72. The number of amides is 1. The highest BCUT2D eigenvalue weighted by Crippen LogP contribution is 2.27. The van der Waals surface area contributed by atoms with Gasteiger partial charge in [-0.2, -0.15) is 0 Å². The summed E-state index contributed by atoms with van der Waals surface area (Å²) in [6, 6.07) is 17.6. The molecule has 3 aromatic rings. The molecule has 182 valence electrons. The van der Waals surface area contributed by atoms with Crippen molar-refractivity contribution in [1.82, 2.24) is 4.72 Å². The van der Waals surface area contributed by atoms with Crippen molar-refractivity contribution in [1.29, 1.82) is 0 Å². The van der Waals surface area contributed by atoms with Crippen molar-refractivity contribution in [2.45, 2.75) is 24.5 Å². The normalized spacial score (nSPS) is 11.9. The van der Waals surface area contributed by atoms with Crippen LogP contribution in [0.4, 0.5) is 11.4 Å². The Labute approximate surface area is 206 Å². The monoisotopic (exact) mass is 517 g/mol. The zero-order valence-corrected chi connectivity index (χ0v) is 19.9. The number of nitro benzene ring substituents is 1. The van der Waals surface area contributed by atoms with E-state index >= 15 is 0 Å². The molecule has 10 nitrogen and oxygen atoms in total. The van der Waals surface area contributed by atoms with Crippen LogP contribution in [0.1, 0.15) is 22.8 Å². The zero-order chi connectivity index (χ0) is 25.6. The average Bonchev–Trinajstić information content (AvgIpc) is 2.84. The summed E-state index contributed by atoms with van der Waals surface area (Å²) >= 11 is 5.97. The van der Waals surface area contributed by atoms with Crippen LogP contribution in [0.25, 0.3) is 0 Å². The number of anilines is 1. The molecule has 12 heteroatoms. The summed E-state index contributed by atoms with van der Waals surface area (Å²) in [5.41, 5.74) is 0.371. The Morgan fingerprint density at radius 3 is 2.46 bits per heavy atom. The smallest absolute Gasteiger partial charge is 0.338 e. The number of nitro groups is 1. The molecule has 0 aliphatic heterocycles. The van der Waals surface area contributed by atoms with Crippen molar-refractivity contribution in [2.24, 2.45) is 0 Å². The molecular weight excluding hydrogens is 498 g/mol. The number of nitrogens with one attached hydrogen (secondary N) is 2. The molecule has 0 aromatic heterocycles. The van der Waals surface area contributed by atoms with Crippen molar-refractivity contribution in [3.8, 4) is 0 Å². The van der Waals surface area contributed by atoms with E-state index in [9.17, 15) is 28.1 Å². The van der Waals surface area contributed by atoms with Crippen LogP contribution >= 0.6 is 11.6 Å². The SMILES string of the molecule is C[C@H](OC(=O)c1cccc(S(=O)(=O)NCc2ccccc2)c1)C(=O)Nc1cc([N+](=O)[O-])ccc1Cl. The maximum atomic E-state index is 12.6. The maximum absolute atomic E-state index is 12.6. The molecule has 0 saturated heterocycles. The first kappa shape index (κ1) is 25.8. The van der Waals surface area contributed by atoms with Crippen LogP contribution in [0.15, 0.2) is 77.7 Å². The Hall–Kier alpha value is -3.80. The van der Waals surface area contributed by atoms with Crippen LogP contribution < -0.4 is 10.0 Å². The van der Waals surface area contributed by atoms with Gasteiger partial charge in [0.15, 0.2) is 6.10 Å². The standard InChI is InChI=1S/C23H20ClN3O7S/c1-15(22(28)26-21-13-18(27(30)31)10-11-20(21)24)34-23(29)17-8-5-9-19(12-17)35(32,33)25-14-16-6-3-2-4-7-16/h2-13,15,25H,14H2,1H3,(H,26,28)/t15-/m0/s1. The lowest BCUT2D eigenvalue weighted by molar-refractivity contribution is -0.384. The van der Waals surface area contributed by atoms with Gasteiger partial charge in [0.25, 0.3) is 11.6 Å². The molecule has 0 radical (unpaired) electrons. The number of nitrogens with zero attached hydrogens (tertiary/aromatic N) is 1. The molecule has 0 aliphatic rings. The van der Waals surface area contributed by atoms with E-state index < -0.39 is 32.9 Å². The lowest BCUT2D eigenvalue weighted by atomic mass is 10.2. The third-order valence-electron chi connectivity index (χ3n) is 4.76. The first-order valence-corrected chi connectivity index (χ1v) is 12.0. The first-order chi connectivity index (χ1) is 16.6. The fourth-order valence-corrected chi connectivity index (χ4v) is 4.11. The highest BCUT2D eigenvalue weighted by Gasteiger charge is 2.22. The molecule has 0 bridgehead atoms. The predicted octanol–water partition coefficient (Wildman–Crippen LogP) is 3.91. The summed E-state index contributed by atoms with van der Waals surface area (Å²) in [6.07, 6.45) is -1.31. The lowest BCUT2D eigenvalue weighted by Crippen LogP contribution is -2.30. The molecule has 35 heavy (non-hydrogen) atoms. The zero-order valence-electron chi connectivity index (χ0n) is 18.3. The van der Waals surface area contributed by atoms with Crippen molar-refractivity contribution in [2.75, 3.05) is 5.32 Å². The maximum Gasteiger partial charge on any atom is 0.338 e. The number of benzene rings is 3. The van der Waals surface area contributed by atoms with Crippen molar-refractivity contribution in [3.63, 3.8) is 0 Å². The first-order valence-electron chi connectivity index (χ1n) is 10.2. The second kappa shape index (κ2) is 11.1. The lowest BCUT2D eigenvalue weighted by Gasteiger charge is -2.14. The van der Waals surface area contributed by atoms with Gasteiger partial charge in [-0.05, 0) is 36.8 Å². The molecule has 0 aliphatic carbocycles. The number of hydrogen-bond acceptors (Lipinski definition) is 7. The van der Waals surface area contributed by atoms with Crippen molar-refractivity contribution >= 4 is 44.9 Å². The van der Waals surface area contributed by atoms with Gasteiger partial charge in [0.1, 0.15) is 0 Å². The number of rotatable bonds is 9. The molecule has 3 aromatic carbocycles. The van der Waals surface area contributed by atoms with Crippen LogP contribution in [0, 0.1) is 10.1 Å². The van der Waals surface area contributed by atoms with Crippen molar-refractivity contribution < 1.29 is 27.7 Å². The third-order valence-corrected chi connectivity index (χ3v) is 6.49. The van der Waals surface area contributed by atoms with Gasteiger partial charge >= 0.3 is 5.97 Å². The topological polar surface area (TPSA) is 145 Å². The molecule has 1 amide bonds. The van der Waals surface area contributed by atoms with E-state index in [1.807, 2.05) is 6.07 Å². The summed E-state index contributed by atoms with van der Waals surface area (Å²) in [4.78, 5) is 35.1. The molecule has 0 unspecified atom stereocenters. The summed E-state index contributed by atoms with van der Waals surface area (Å²) in [6.45, 7) is 1.36. The Morgan fingerprint density at radius 1 is 1.06 bits per heavy atom. The van der Waals surface area contributed by atoms with E-state index in [1.54, 1.807) is 24.3 Å². The van der Waals surface area contributed by atoms with Crippen LogP contribution in [-0.2, 0) is 26.1 Å². The van der Waals surface area contributed by atoms with Gasteiger partial charge in [0.2, 0.25) is 10.0 Å². The summed E-state index contributed by atoms with van der Waals surface area (Å²) in [7, 11) is -3.92. The second-order valence-corrected chi connectivity index (χ2v) is 9.47. The van der Waals surface area contributed by atoms with Gasteiger partial charge in [-0.1, -0.05) is 48.0 Å². The number of carbonyl (C=O) groups is 2. The molecule has 1 atom stereocenters. The fourth-order valence-electron chi connectivity index (χ4n) is 2.89. The number of halogens is 1. The van der Waals surface area contributed by atoms with Crippen LogP contribution in [0.3, 0.4) is 0 Å².